The molecule has 1 saturated heterocycles. The van der Waals surface area contributed by atoms with Gasteiger partial charge in [-0.05, 0) is 81.8 Å². The zero-order valence-electron chi connectivity index (χ0n) is 20.9. The van der Waals surface area contributed by atoms with Crippen LogP contribution in [0.15, 0.2) is 68.4 Å². The van der Waals surface area contributed by atoms with Crippen LogP contribution in [-0.4, -0.2) is 41.7 Å². The van der Waals surface area contributed by atoms with Gasteiger partial charge in [-0.2, -0.15) is 0 Å². The fraction of sp³-hybridized carbons (Fsp3) is 0.429. The Hall–Kier alpha value is -2.38. The second-order valence-corrected chi connectivity index (χ2v) is 11.1. The molecule has 2 heterocycles. The zero-order chi connectivity index (χ0) is 24.4. The third kappa shape index (κ3) is 4.73. The number of aliphatic imine (C=N–C) groups is 1. The monoisotopic (exact) mass is 506 g/mol. The van der Waals surface area contributed by atoms with Gasteiger partial charge in [0, 0.05) is 36.3 Å². The molecule has 0 spiro atoms. The minimum atomic E-state index is 0.120. The maximum Gasteiger partial charge on any atom is 0.269 e. The van der Waals surface area contributed by atoms with Gasteiger partial charge >= 0.3 is 0 Å². The predicted molar refractivity (Wildman–Crippen MR) is 151 cm³/mol. The number of anilines is 2. The van der Waals surface area contributed by atoms with Crippen molar-refractivity contribution in [2.24, 2.45) is 4.99 Å². The summed E-state index contributed by atoms with van der Waals surface area (Å²) in [4.78, 5) is 27.6. The Bertz CT molecular complexity index is 1130. The molecule has 2 aliphatic heterocycles. The lowest BCUT2D eigenvalue weighted by atomic mass is 9.94. The third-order valence-corrected chi connectivity index (χ3v) is 9.43. The Balaban J connectivity index is 1.51. The van der Waals surface area contributed by atoms with E-state index in [0.717, 1.165) is 53.3 Å². The Labute approximate surface area is 217 Å². The first kappa shape index (κ1) is 24.3. The highest BCUT2D eigenvalue weighted by Gasteiger charge is 2.42. The zero-order valence-corrected chi connectivity index (χ0v) is 22.5. The number of fused-ring (bicyclic) bond motifs is 1. The van der Waals surface area contributed by atoms with Gasteiger partial charge < -0.3 is 9.80 Å². The van der Waals surface area contributed by atoms with E-state index in [9.17, 15) is 4.79 Å². The van der Waals surface area contributed by atoms with Crippen LogP contribution in [0.4, 0.5) is 17.1 Å². The van der Waals surface area contributed by atoms with E-state index in [0.29, 0.717) is 0 Å². The van der Waals surface area contributed by atoms with Gasteiger partial charge in [0.15, 0.2) is 5.17 Å². The Morgan fingerprint density at radius 1 is 0.943 bits per heavy atom. The average molecular weight is 507 g/mol. The van der Waals surface area contributed by atoms with E-state index >= 15 is 0 Å². The molecule has 2 fully saturated rings. The fourth-order valence-corrected chi connectivity index (χ4v) is 7.66. The molecule has 0 unspecified atom stereocenters. The minimum absolute atomic E-state index is 0.120. The number of hydrogen-bond acceptors (Lipinski definition) is 6. The summed E-state index contributed by atoms with van der Waals surface area (Å²) in [6.07, 6.45) is 5.73. The second kappa shape index (κ2) is 10.7. The van der Waals surface area contributed by atoms with Gasteiger partial charge in [-0.15, -0.1) is 0 Å². The number of hydrogen-bond donors (Lipinski definition) is 0. The van der Waals surface area contributed by atoms with Crippen LogP contribution in [0, 0.1) is 0 Å². The molecule has 35 heavy (non-hydrogen) atoms. The van der Waals surface area contributed by atoms with Crippen molar-refractivity contribution in [1.29, 1.82) is 0 Å². The standard InChI is InChI=1S/C28H34N4OS2/c1-4-30(5-2)21-18-16-20(17-19-21)29-28-32(22-12-8-7-9-13-22)26(33)25(35-28)27-31(6-3)23-14-10-11-15-24(23)34-27/h10-11,14-19,22H,4-9,12-13H2,1-3H3. The molecule has 1 aliphatic carbocycles. The molecular formula is C28H34N4OS2. The average Bonchev–Trinajstić information content (AvgIpc) is 3.43. The van der Waals surface area contributed by atoms with Gasteiger partial charge in [-0.3, -0.25) is 9.69 Å². The molecule has 184 valence electrons. The van der Waals surface area contributed by atoms with E-state index in [4.69, 9.17) is 4.99 Å². The number of nitrogens with zero attached hydrogens (tertiary/aromatic N) is 4. The van der Waals surface area contributed by atoms with Crippen LogP contribution in [0.1, 0.15) is 52.9 Å². The van der Waals surface area contributed by atoms with Gasteiger partial charge in [-0.25, -0.2) is 4.99 Å². The van der Waals surface area contributed by atoms with Crippen molar-refractivity contribution >= 4 is 51.7 Å². The lowest BCUT2D eigenvalue weighted by Crippen LogP contribution is -2.40. The van der Waals surface area contributed by atoms with Crippen molar-refractivity contribution in [3.63, 3.8) is 0 Å². The first-order chi connectivity index (χ1) is 17.1. The molecular weight excluding hydrogens is 472 g/mol. The summed E-state index contributed by atoms with van der Waals surface area (Å²) >= 11 is 3.27. The first-order valence-electron chi connectivity index (χ1n) is 12.9. The Kier molecular flexibility index (Phi) is 7.44. The van der Waals surface area contributed by atoms with Crippen molar-refractivity contribution in [3.05, 3.63) is 58.5 Å². The van der Waals surface area contributed by atoms with Crippen molar-refractivity contribution in [1.82, 2.24) is 4.90 Å². The summed E-state index contributed by atoms with van der Waals surface area (Å²) < 4.78 is 0. The summed E-state index contributed by atoms with van der Waals surface area (Å²) in [6.45, 7) is 9.30. The number of amides is 1. The number of carbonyl (C=O) groups excluding carboxylic acids is 1. The Morgan fingerprint density at radius 3 is 2.34 bits per heavy atom. The molecule has 0 aromatic heterocycles. The van der Waals surface area contributed by atoms with Gasteiger partial charge in [0.05, 0.1) is 11.4 Å². The smallest absolute Gasteiger partial charge is 0.269 e. The largest absolute Gasteiger partial charge is 0.372 e. The topological polar surface area (TPSA) is 39.1 Å². The molecule has 5 nitrogen and oxygen atoms in total. The van der Waals surface area contributed by atoms with E-state index in [-0.39, 0.29) is 11.9 Å². The van der Waals surface area contributed by atoms with Crippen molar-refractivity contribution in [2.45, 2.75) is 63.8 Å². The highest BCUT2D eigenvalue weighted by Crippen LogP contribution is 2.51. The van der Waals surface area contributed by atoms with Gasteiger partial charge in [0.1, 0.15) is 9.93 Å². The van der Waals surface area contributed by atoms with E-state index in [1.807, 2.05) is 4.90 Å². The normalized spacial score (nSPS) is 21.8. The van der Waals surface area contributed by atoms with Crippen LogP contribution in [-0.2, 0) is 4.79 Å². The number of benzene rings is 2. The van der Waals surface area contributed by atoms with Crippen LogP contribution in [0.25, 0.3) is 0 Å². The van der Waals surface area contributed by atoms with Crippen molar-refractivity contribution in [2.75, 3.05) is 29.4 Å². The van der Waals surface area contributed by atoms with Crippen LogP contribution >= 0.6 is 23.5 Å². The molecule has 0 radical (unpaired) electrons. The highest BCUT2D eigenvalue weighted by molar-refractivity contribution is 8.19. The van der Waals surface area contributed by atoms with E-state index < -0.39 is 0 Å². The Morgan fingerprint density at radius 2 is 1.66 bits per heavy atom. The van der Waals surface area contributed by atoms with Crippen LogP contribution < -0.4 is 9.80 Å². The molecule has 5 rings (SSSR count). The van der Waals surface area contributed by atoms with Crippen LogP contribution in [0.3, 0.4) is 0 Å². The molecule has 0 atom stereocenters. The molecule has 7 heteroatoms. The number of rotatable bonds is 6. The van der Waals surface area contributed by atoms with E-state index in [2.05, 4.69) is 79.1 Å². The molecule has 0 N–H and O–H groups in total. The second-order valence-electron chi connectivity index (χ2n) is 9.10. The number of para-hydroxylation sites is 1. The molecule has 2 aromatic rings. The SMILES string of the molecule is CCN(CC)c1ccc(N=C2SC(=C3Sc4ccccc4N3CC)C(=O)N2C2CCCCC2)cc1. The summed E-state index contributed by atoms with van der Waals surface area (Å²) in [5.74, 6) is 0.120. The van der Waals surface area contributed by atoms with Crippen molar-refractivity contribution < 1.29 is 4.79 Å². The van der Waals surface area contributed by atoms with E-state index in [1.165, 1.54) is 35.5 Å². The quantitative estimate of drug-likeness (QED) is 0.387. The maximum absolute atomic E-state index is 13.9. The molecule has 1 saturated carbocycles. The first-order valence-corrected chi connectivity index (χ1v) is 14.5. The lowest BCUT2D eigenvalue weighted by Gasteiger charge is -2.30. The predicted octanol–water partition coefficient (Wildman–Crippen LogP) is 7.23. The number of thioether (sulfide) groups is 2. The summed E-state index contributed by atoms with van der Waals surface area (Å²) in [5, 5.41) is 1.87. The van der Waals surface area contributed by atoms with Crippen molar-refractivity contribution in [3.8, 4) is 0 Å². The van der Waals surface area contributed by atoms with Gasteiger partial charge in [0.25, 0.3) is 5.91 Å². The summed E-state index contributed by atoms with van der Waals surface area (Å²) in [5.41, 5.74) is 3.30. The van der Waals surface area contributed by atoms with Gasteiger partial charge in [-0.1, -0.05) is 43.2 Å². The third-order valence-electron chi connectivity index (χ3n) is 7.07. The minimum Gasteiger partial charge on any atom is -0.372 e. The fourth-order valence-electron chi connectivity index (χ4n) is 5.21. The van der Waals surface area contributed by atoms with E-state index in [1.54, 1.807) is 23.5 Å². The number of amidine groups is 1. The maximum atomic E-state index is 13.9. The lowest BCUT2D eigenvalue weighted by molar-refractivity contribution is -0.124. The summed E-state index contributed by atoms with van der Waals surface area (Å²) in [7, 11) is 0. The van der Waals surface area contributed by atoms with Gasteiger partial charge in [0.2, 0.25) is 0 Å². The van der Waals surface area contributed by atoms with Crippen LogP contribution in [0.5, 0.6) is 0 Å². The number of carbonyl (C=O) groups is 1. The highest BCUT2D eigenvalue weighted by atomic mass is 32.2. The summed E-state index contributed by atoms with van der Waals surface area (Å²) in [6, 6.07) is 17.1. The molecule has 0 bridgehead atoms. The molecule has 2 aromatic carbocycles. The molecule has 3 aliphatic rings. The van der Waals surface area contributed by atoms with Crippen LogP contribution in [0.2, 0.25) is 0 Å². The molecule has 1 amide bonds.